The number of nitriles is 1. The minimum atomic E-state index is -4.41. The number of ether oxygens (including phenoxy) is 1. The maximum Gasteiger partial charge on any atom is 0.418 e. The van der Waals surface area contributed by atoms with Crippen LogP contribution in [0.25, 0.3) is 0 Å². The number of rotatable bonds is 1. The SMILES string of the molecule is N#Cc1ccc(C(F)(F)F)c(N2CCC3(CCOC3)C2)c1. The topological polar surface area (TPSA) is 36.3 Å². The van der Waals surface area contributed by atoms with E-state index in [2.05, 4.69) is 0 Å². The molecule has 2 saturated heterocycles. The molecule has 1 aromatic rings. The van der Waals surface area contributed by atoms with Crippen molar-refractivity contribution in [3.8, 4) is 6.07 Å². The van der Waals surface area contributed by atoms with E-state index < -0.39 is 11.7 Å². The van der Waals surface area contributed by atoms with Gasteiger partial charge in [-0.05, 0) is 31.0 Å². The van der Waals surface area contributed by atoms with Crippen LogP contribution in [0.15, 0.2) is 18.2 Å². The lowest BCUT2D eigenvalue weighted by molar-refractivity contribution is -0.137. The number of alkyl halides is 3. The highest BCUT2D eigenvalue weighted by molar-refractivity contribution is 5.59. The van der Waals surface area contributed by atoms with E-state index >= 15 is 0 Å². The lowest BCUT2D eigenvalue weighted by Gasteiger charge is -2.26. The fourth-order valence-corrected chi connectivity index (χ4v) is 3.21. The molecule has 0 bridgehead atoms. The minimum Gasteiger partial charge on any atom is -0.381 e. The van der Waals surface area contributed by atoms with Crippen molar-refractivity contribution in [3.63, 3.8) is 0 Å². The molecule has 0 aliphatic carbocycles. The van der Waals surface area contributed by atoms with Crippen LogP contribution in [0.3, 0.4) is 0 Å². The van der Waals surface area contributed by atoms with Crippen molar-refractivity contribution in [1.29, 1.82) is 5.26 Å². The van der Waals surface area contributed by atoms with Gasteiger partial charge < -0.3 is 9.64 Å². The second-order valence-electron chi connectivity index (χ2n) is 5.82. The Labute approximate surface area is 120 Å². The van der Waals surface area contributed by atoms with Crippen LogP contribution in [0, 0.1) is 16.7 Å². The number of nitrogens with zero attached hydrogens (tertiary/aromatic N) is 2. The first kappa shape index (κ1) is 14.2. The van der Waals surface area contributed by atoms with Crippen molar-refractivity contribution in [1.82, 2.24) is 0 Å². The maximum absolute atomic E-state index is 13.2. The van der Waals surface area contributed by atoms with Crippen LogP contribution in [-0.2, 0) is 10.9 Å². The molecule has 2 aliphatic heterocycles. The Hall–Kier alpha value is -1.74. The van der Waals surface area contributed by atoms with Crippen LogP contribution in [-0.4, -0.2) is 26.3 Å². The van der Waals surface area contributed by atoms with Gasteiger partial charge in [0.25, 0.3) is 0 Å². The molecular formula is C15H15F3N2O. The summed E-state index contributed by atoms with van der Waals surface area (Å²) in [5.41, 5.74) is -0.324. The number of hydrogen-bond donors (Lipinski definition) is 0. The lowest BCUT2D eigenvalue weighted by Crippen LogP contribution is -2.29. The van der Waals surface area contributed by atoms with Crippen LogP contribution >= 0.6 is 0 Å². The predicted octanol–water partition coefficient (Wildman–Crippen LogP) is 3.19. The molecule has 1 unspecified atom stereocenters. The average molecular weight is 296 g/mol. The van der Waals surface area contributed by atoms with Crippen molar-refractivity contribution in [3.05, 3.63) is 29.3 Å². The monoisotopic (exact) mass is 296 g/mol. The van der Waals surface area contributed by atoms with Crippen LogP contribution in [0.2, 0.25) is 0 Å². The van der Waals surface area contributed by atoms with E-state index in [1.807, 2.05) is 6.07 Å². The first-order valence-electron chi connectivity index (χ1n) is 6.88. The third kappa shape index (κ3) is 2.58. The molecule has 0 N–H and O–H groups in total. The van der Waals surface area contributed by atoms with Crippen LogP contribution < -0.4 is 4.90 Å². The Kier molecular flexibility index (Phi) is 3.33. The maximum atomic E-state index is 13.2. The third-order valence-electron chi connectivity index (χ3n) is 4.40. The summed E-state index contributed by atoms with van der Waals surface area (Å²) in [5, 5.41) is 8.93. The van der Waals surface area contributed by atoms with Crippen LogP contribution in [0.5, 0.6) is 0 Å². The summed E-state index contributed by atoms with van der Waals surface area (Å²) in [6.45, 7) is 2.42. The third-order valence-corrected chi connectivity index (χ3v) is 4.40. The van der Waals surface area contributed by atoms with E-state index in [1.54, 1.807) is 4.90 Å². The molecule has 3 rings (SSSR count). The lowest BCUT2D eigenvalue weighted by atomic mass is 9.87. The molecule has 0 radical (unpaired) electrons. The highest BCUT2D eigenvalue weighted by atomic mass is 19.4. The molecule has 2 heterocycles. The fraction of sp³-hybridized carbons (Fsp3) is 0.533. The molecule has 112 valence electrons. The molecule has 1 aromatic carbocycles. The van der Waals surface area contributed by atoms with Crippen LogP contribution in [0.4, 0.5) is 18.9 Å². The molecule has 0 saturated carbocycles. The molecule has 6 heteroatoms. The Morgan fingerprint density at radius 1 is 1.29 bits per heavy atom. The van der Waals surface area contributed by atoms with Gasteiger partial charge in [0.15, 0.2) is 0 Å². The van der Waals surface area contributed by atoms with E-state index in [-0.39, 0.29) is 16.7 Å². The van der Waals surface area contributed by atoms with Gasteiger partial charge in [0.1, 0.15) is 0 Å². The second kappa shape index (κ2) is 4.92. The highest BCUT2D eigenvalue weighted by Crippen LogP contribution is 2.44. The highest BCUT2D eigenvalue weighted by Gasteiger charge is 2.43. The Balaban J connectivity index is 1.96. The van der Waals surface area contributed by atoms with Gasteiger partial charge >= 0.3 is 6.18 Å². The first-order valence-corrected chi connectivity index (χ1v) is 6.88. The number of benzene rings is 1. The Morgan fingerprint density at radius 3 is 2.71 bits per heavy atom. The Bertz CT molecular complexity index is 586. The zero-order valence-electron chi connectivity index (χ0n) is 11.4. The van der Waals surface area contributed by atoms with Gasteiger partial charge in [-0.25, -0.2) is 0 Å². The summed E-state index contributed by atoms with van der Waals surface area (Å²) in [7, 11) is 0. The summed E-state index contributed by atoms with van der Waals surface area (Å²) in [5.74, 6) is 0. The van der Waals surface area contributed by atoms with E-state index in [1.165, 1.54) is 12.1 Å². The first-order chi connectivity index (χ1) is 9.93. The Morgan fingerprint density at radius 2 is 2.10 bits per heavy atom. The number of halogens is 3. The fourth-order valence-electron chi connectivity index (χ4n) is 3.21. The number of hydrogen-bond acceptors (Lipinski definition) is 3. The standard InChI is InChI=1S/C15H15F3N2O/c16-15(17,18)12-2-1-11(8-19)7-13(12)20-5-3-14(9-20)4-6-21-10-14/h1-2,7H,3-6,9-10H2. The minimum absolute atomic E-state index is 0.0223. The zero-order valence-corrected chi connectivity index (χ0v) is 11.4. The van der Waals surface area contributed by atoms with Gasteiger partial charge in [-0.3, -0.25) is 0 Å². The van der Waals surface area contributed by atoms with Gasteiger partial charge in [0.05, 0.1) is 29.5 Å². The van der Waals surface area contributed by atoms with Crippen LogP contribution in [0.1, 0.15) is 24.0 Å². The van der Waals surface area contributed by atoms with Gasteiger partial charge in [-0.1, -0.05) is 0 Å². The van der Waals surface area contributed by atoms with E-state index in [4.69, 9.17) is 10.00 Å². The summed E-state index contributed by atoms with van der Waals surface area (Å²) < 4.78 is 44.9. The molecule has 1 atom stereocenters. The molecule has 1 spiro atoms. The van der Waals surface area contributed by atoms with Gasteiger partial charge in [-0.15, -0.1) is 0 Å². The average Bonchev–Trinajstić information content (AvgIpc) is 3.08. The van der Waals surface area contributed by atoms with Crippen molar-refractivity contribution in [2.45, 2.75) is 19.0 Å². The van der Waals surface area contributed by atoms with Crippen molar-refractivity contribution >= 4 is 5.69 Å². The molecule has 0 amide bonds. The van der Waals surface area contributed by atoms with E-state index in [0.717, 1.165) is 18.9 Å². The summed E-state index contributed by atoms with van der Waals surface area (Å²) in [6.07, 6.45) is -2.69. The molecule has 21 heavy (non-hydrogen) atoms. The van der Waals surface area contributed by atoms with E-state index in [0.29, 0.717) is 26.3 Å². The largest absolute Gasteiger partial charge is 0.418 e. The van der Waals surface area contributed by atoms with Crippen molar-refractivity contribution in [2.75, 3.05) is 31.2 Å². The summed E-state index contributed by atoms with van der Waals surface area (Å²) in [6, 6.07) is 5.48. The van der Waals surface area contributed by atoms with E-state index in [9.17, 15) is 13.2 Å². The van der Waals surface area contributed by atoms with Gasteiger partial charge in [0, 0.05) is 25.1 Å². The molecular weight excluding hydrogens is 281 g/mol. The zero-order chi connectivity index (χ0) is 15.1. The van der Waals surface area contributed by atoms with Crippen molar-refractivity contribution < 1.29 is 17.9 Å². The predicted molar refractivity (Wildman–Crippen MR) is 70.9 cm³/mol. The smallest absolute Gasteiger partial charge is 0.381 e. The molecule has 0 aromatic heterocycles. The van der Waals surface area contributed by atoms with Gasteiger partial charge in [0.2, 0.25) is 0 Å². The summed E-state index contributed by atoms with van der Waals surface area (Å²) in [4.78, 5) is 1.75. The van der Waals surface area contributed by atoms with Gasteiger partial charge in [-0.2, -0.15) is 18.4 Å². The molecule has 2 fully saturated rings. The quantitative estimate of drug-likeness (QED) is 0.798. The second-order valence-corrected chi connectivity index (χ2v) is 5.82. The normalized spacial score (nSPS) is 25.5. The molecule has 3 nitrogen and oxygen atoms in total. The number of anilines is 1. The molecule has 2 aliphatic rings. The summed E-state index contributed by atoms with van der Waals surface area (Å²) >= 11 is 0. The van der Waals surface area contributed by atoms with Crippen molar-refractivity contribution in [2.24, 2.45) is 5.41 Å².